The van der Waals surface area contributed by atoms with E-state index in [4.69, 9.17) is 5.11 Å². The molecular weight excluding hydrogens is 170 g/mol. The van der Waals surface area contributed by atoms with E-state index in [0.717, 1.165) is 13.0 Å². The molecule has 0 fully saturated rings. The highest BCUT2D eigenvalue weighted by atomic mass is 16.3. The smallest absolute Gasteiger partial charge is 0.198 e. The molecule has 0 bridgehead atoms. The number of aliphatic hydroxyl groups excluding tert-OH is 2. The summed E-state index contributed by atoms with van der Waals surface area (Å²) in [6.07, 6.45) is 1.39. The normalized spacial score (nSPS) is 21.6. The number of aliphatic hydroxyl groups is 2. The molecule has 1 rings (SSSR count). The van der Waals surface area contributed by atoms with Crippen LogP contribution in [-0.2, 0) is 0 Å². The monoisotopic (exact) mass is 185 g/mol. The summed E-state index contributed by atoms with van der Waals surface area (Å²) in [6, 6.07) is 0. The van der Waals surface area contributed by atoms with E-state index in [1.165, 1.54) is 6.08 Å². The van der Waals surface area contributed by atoms with Crippen LogP contribution in [0.3, 0.4) is 0 Å². The number of nitrogens with one attached hydrogen (secondary N) is 1. The minimum atomic E-state index is -1.07. The van der Waals surface area contributed by atoms with E-state index < -0.39 is 6.23 Å². The summed E-state index contributed by atoms with van der Waals surface area (Å²) in [5, 5.41) is 22.1. The second-order valence-corrected chi connectivity index (χ2v) is 2.99. The first-order chi connectivity index (χ1) is 6.15. The van der Waals surface area contributed by atoms with Crippen LogP contribution in [-0.4, -0.2) is 40.8 Å². The number of hydrogen-bond acceptors (Lipinski definition) is 5. The summed E-state index contributed by atoms with van der Waals surface area (Å²) in [4.78, 5) is 1.90. The summed E-state index contributed by atoms with van der Waals surface area (Å²) in [5.41, 5.74) is 2.40. The average Bonchev–Trinajstić information content (AvgIpc) is 2.10. The molecule has 1 aliphatic rings. The molecular formula is C8H15N3O2. The Bertz CT molecular complexity index is 238. The fraction of sp³-hybridized carbons (Fsp3) is 0.625. The zero-order valence-corrected chi connectivity index (χ0v) is 7.86. The molecule has 5 nitrogen and oxygen atoms in total. The fourth-order valence-corrected chi connectivity index (χ4v) is 1.08. The van der Waals surface area contributed by atoms with E-state index in [1.54, 1.807) is 0 Å². The molecule has 3 N–H and O–H groups in total. The summed E-state index contributed by atoms with van der Waals surface area (Å²) < 4.78 is 0. The average molecular weight is 185 g/mol. The van der Waals surface area contributed by atoms with Crippen LogP contribution in [0, 0.1) is 0 Å². The quantitative estimate of drug-likeness (QED) is 0.566. The van der Waals surface area contributed by atoms with Crippen LogP contribution >= 0.6 is 0 Å². The molecule has 0 aromatic carbocycles. The van der Waals surface area contributed by atoms with Crippen LogP contribution in [0.5, 0.6) is 0 Å². The van der Waals surface area contributed by atoms with Crippen molar-refractivity contribution in [2.45, 2.75) is 19.6 Å². The molecule has 0 aromatic rings. The van der Waals surface area contributed by atoms with Gasteiger partial charge in [-0.1, -0.05) is 6.92 Å². The third-order valence-electron chi connectivity index (χ3n) is 1.81. The van der Waals surface area contributed by atoms with Gasteiger partial charge in [-0.05, 0) is 6.42 Å². The maximum Gasteiger partial charge on any atom is 0.198 e. The van der Waals surface area contributed by atoms with Gasteiger partial charge in [-0.25, -0.2) is 0 Å². The van der Waals surface area contributed by atoms with Crippen LogP contribution in [0.2, 0.25) is 0 Å². The highest BCUT2D eigenvalue weighted by Gasteiger charge is 2.16. The molecule has 1 aliphatic heterocycles. The Labute approximate surface area is 77.4 Å². The lowest BCUT2D eigenvalue weighted by molar-refractivity contribution is 0.120. The lowest BCUT2D eigenvalue weighted by atomic mass is 10.3. The van der Waals surface area contributed by atoms with Crippen LogP contribution in [0.15, 0.2) is 16.9 Å². The topological polar surface area (TPSA) is 68.1 Å². The van der Waals surface area contributed by atoms with Gasteiger partial charge in [0.05, 0.1) is 0 Å². The van der Waals surface area contributed by atoms with Crippen LogP contribution in [0.4, 0.5) is 0 Å². The van der Waals surface area contributed by atoms with E-state index in [1.807, 2.05) is 11.9 Å². The minimum Gasteiger partial charge on any atom is -0.507 e. The van der Waals surface area contributed by atoms with Gasteiger partial charge in [0.2, 0.25) is 0 Å². The molecule has 0 spiro atoms. The highest BCUT2D eigenvalue weighted by molar-refractivity contribution is 5.93. The number of rotatable bonds is 2. The number of hydrazone groups is 1. The van der Waals surface area contributed by atoms with Crippen molar-refractivity contribution in [3.05, 3.63) is 11.8 Å². The standard InChI is InChI=1S/C8H15N3O2/c1-3-4-11(2)7-5-6(12)8(13)10-9-7/h5,8,10,12-13H,3-4H2,1-2H3. The molecule has 1 heterocycles. The highest BCUT2D eigenvalue weighted by Crippen LogP contribution is 2.04. The fourth-order valence-electron chi connectivity index (χ4n) is 1.08. The Morgan fingerprint density at radius 1 is 1.69 bits per heavy atom. The molecule has 0 radical (unpaired) electrons. The Morgan fingerprint density at radius 2 is 2.38 bits per heavy atom. The Hall–Kier alpha value is -1.23. The first-order valence-electron chi connectivity index (χ1n) is 4.28. The van der Waals surface area contributed by atoms with Gasteiger partial charge < -0.3 is 15.1 Å². The minimum absolute atomic E-state index is 0.104. The van der Waals surface area contributed by atoms with Crippen molar-refractivity contribution in [1.29, 1.82) is 0 Å². The summed E-state index contributed by atoms with van der Waals surface area (Å²) in [5.74, 6) is 0.526. The summed E-state index contributed by atoms with van der Waals surface area (Å²) in [7, 11) is 1.88. The van der Waals surface area contributed by atoms with Crippen LogP contribution < -0.4 is 5.43 Å². The van der Waals surface area contributed by atoms with Gasteiger partial charge in [0.25, 0.3) is 0 Å². The molecule has 0 amide bonds. The van der Waals surface area contributed by atoms with Gasteiger partial charge in [0, 0.05) is 19.7 Å². The van der Waals surface area contributed by atoms with Crippen LogP contribution in [0.25, 0.3) is 0 Å². The van der Waals surface area contributed by atoms with E-state index in [9.17, 15) is 5.11 Å². The van der Waals surface area contributed by atoms with Gasteiger partial charge in [-0.3, -0.25) is 5.43 Å². The van der Waals surface area contributed by atoms with Gasteiger partial charge in [-0.2, -0.15) is 5.10 Å². The number of likely N-dealkylation sites (N-methyl/N-ethyl adjacent to an activating group) is 1. The van der Waals surface area contributed by atoms with Gasteiger partial charge in [0.15, 0.2) is 12.1 Å². The van der Waals surface area contributed by atoms with E-state index in [2.05, 4.69) is 17.5 Å². The molecule has 13 heavy (non-hydrogen) atoms. The molecule has 0 aromatic heterocycles. The van der Waals surface area contributed by atoms with Gasteiger partial charge in [0.1, 0.15) is 5.76 Å². The van der Waals surface area contributed by atoms with E-state index in [0.29, 0.717) is 5.84 Å². The zero-order valence-electron chi connectivity index (χ0n) is 7.86. The third kappa shape index (κ3) is 2.35. The SMILES string of the molecule is CCCN(C)C1=NNC(O)C(O)=C1. The van der Waals surface area contributed by atoms with Crippen molar-refractivity contribution in [3.8, 4) is 0 Å². The molecule has 0 aliphatic carbocycles. The lowest BCUT2D eigenvalue weighted by Crippen LogP contribution is -2.37. The Balaban J connectivity index is 2.63. The van der Waals surface area contributed by atoms with Crippen molar-refractivity contribution in [2.75, 3.05) is 13.6 Å². The summed E-state index contributed by atoms with van der Waals surface area (Å²) in [6.45, 7) is 2.92. The van der Waals surface area contributed by atoms with Crippen molar-refractivity contribution in [2.24, 2.45) is 5.10 Å². The van der Waals surface area contributed by atoms with Crippen LogP contribution in [0.1, 0.15) is 13.3 Å². The van der Waals surface area contributed by atoms with Crippen molar-refractivity contribution in [3.63, 3.8) is 0 Å². The molecule has 1 unspecified atom stereocenters. The summed E-state index contributed by atoms with van der Waals surface area (Å²) >= 11 is 0. The predicted molar refractivity (Wildman–Crippen MR) is 50.2 cm³/mol. The maximum atomic E-state index is 9.21. The lowest BCUT2D eigenvalue weighted by Gasteiger charge is -2.23. The second-order valence-electron chi connectivity index (χ2n) is 2.99. The Kier molecular flexibility index (Phi) is 3.13. The van der Waals surface area contributed by atoms with Crippen molar-refractivity contribution < 1.29 is 10.2 Å². The molecule has 74 valence electrons. The number of amidine groups is 1. The molecule has 0 saturated carbocycles. The predicted octanol–water partition coefficient (Wildman–Crippen LogP) is 0.00520. The zero-order chi connectivity index (χ0) is 9.84. The van der Waals surface area contributed by atoms with Crippen molar-refractivity contribution in [1.82, 2.24) is 10.3 Å². The van der Waals surface area contributed by atoms with Gasteiger partial charge >= 0.3 is 0 Å². The third-order valence-corrected chi connectivity index (χ3v) is 1.81. The first-order valence-corrected chi connectivity index (χ1v) is 4.28. The number of nitrogens with zero attached hydrogens (tertiary/aromatic N) is 2. The molecule has 5 heteroatoms. The molecule has 0 saturated heterocycles. The Morgan fingerprint density at radius 3 is 2.92 bits per heavy atom. The second kappa shape index (κ2) is 4.13. The van der Waals surface area contributed by atoms with E-state index in [-0.39, 0.29) is 5.76 Å². The van der Waals surface area contributed by atoms with Gasteiger partial charge in [-0.15, -0.1) is 0 Å². The number of hydrogen-bond donors (Lipinski definition) is 3. The maximum absolute atomic E-state index is 9.21. The van der Waals surface area contributed by atoms with Crippen molar-refractivity contribution >= 4 is 5.84 Å². The molecule has 1 atom stereocenters. The largest absolute Gasteiger partial charge is 0.507 e. The first kappa shape index (κ1) is 9.85. The van der Waals surface area contributed by atoms with E-state index >= 15 is 0 Å².